The van der Waals surface area contributed by atoms with Gasteiger partial charge in [0.1, 0.15) is 0 Å². The summed E-state index contributed by atoms with van der Waals surface area (Å²) in [7, 11) is 0. The topological polar surface area (TPSA) is 84.3 Å². The van der Waals surface area contributed by atoms with Crippen LogP contribution in [-0.2, 0) is 4.74 Å². The van der Waals surface area contributed by atoms with E-state index in [-0.39, 0.29) is 11.0 Å². The zero-order chi connectivity index (χ0) is 14.8. The molecule has 1 unspecified atom stereocenters. The number of anilines is 1. The van der Waals surface area contributed by atoms with Crippen molar-refractivity contribution in [3.05, 3.63) is 17.5 Å². The first kappa shape index (κ1) is 14.7. The SMILES string of the molecule is Cc1nc(NCC2CCOCC2(C)C)ncc1C(=O)O. The number of nitrogens with zero attached hydrogens (tertiary/aromatic N) is 2. The van der Waals surface area contributed by atoms with Gasteiger partial charge in [0, 0.05) is 19.3 Å². The molecule has 1 aliphatic rings. The Hall–Kier alpha value is -1.69. The van der Waals surface area contributed by atoms with E-state index in [0.29, 0.717) is 17.6 Å². The van der Waals surface area contributed by atoms with Crippen molar-refractivity contribution >= 4 is 11.9 Å². The van der Waals surface area contributed by atoms with E-state index in [0.717, 1.165) is 26.2 Å². The Bertz CT molecular complexity index is 502. The van der Waals surface area contributed by atoms with Crippen molar-refractivity contribution < 1.29 is 14.6 Å². The molecule has 6 heteroatoms. The van der Waals surface area contributed by atoms with Gasteiger partial charge in [-0.1, -0.05) is 13.8 Å². The van der Waals surface area contributed by atoms with Gasteiger partial charge in [-0.3, -0.25) is 0 Å². The summed E-state index contributed by atoms with van der Waals surface area (Å²) in [5, 5.41) is 12.2. The zero-order valence-electron chi connectivity index (χ0n) is 12.1. The smallest absolute Gasteiger partial charge is 0.339 e. The van der Waals surface area contributed by atoms with Crippen molar-refractivity contribution in [2.75, 3.05) is 25.1 Å². The van der Waals surface area contributed by atoms with Crippen LogP contribution < -0.4 is 5.32 Å². The number of carbonyl (C=O) groups is 1. The van der Waals surface area contributed by atoms with Gasteiger partial charge in [0.05, 0.1) is 17.9 Å². The Morgan fingerprint density at radius 3 is 2.95 bits per heavy atom. The van der Waals surface area contributed by atoms with Crippen LogP contribution in [0.5, 0.6) is 0 Å². The summed E-state index contributed by atoms with van der Waals surface area (Å²) in [6.07, 6.45) is 2.36. The number of ether oxygens (including phenoxy) is 1. The first-order chi connectivity index (χ1) is 9.40. The minimum absolute atomic E-state index is 0.126. The largest absolute Gasteiger partial charge is 0.478 e. The number of nitrogens with one attached hydrogen (secondary N) is 1. The number of aromatic carboxylic acids is 1. The zero-order valence-corrected chi connectivity index (χ0v) is 12.1. The molecule has 0 aromatic carbocycles. The molecule has 1 saturated heterocycles. The number of rotatable bonds is 4. The molecule has 1 aromatic heterocycles. The average molecular weight is 279 g/mol. The Balaban J connectivity index is 2.00. The average Bonchev–Trinajstić information content (AvgIpc) is 2.36. The van der Waals surface area contributed by atoms with Gasteiger partial charge in [0.15, 0.2) is 0 Å². The van der Waals surface area contributed by atoms with Crippen LogP contribution in [-0.4, -0.2) is 40.8 Å². The summed E-state index contributed by atoms with van der Waals surface area (Å²) in [6.45, 7) is 8.37. The van der Waals surface area contributed by atoms with Crippen LogP contribution in [0.4, 0.5) is 5.95 Å². The maximum absolute atomic E-state index is 10.9. The summed E-state index contributed by atoms with van der Waals surface area (Å²) in [5.74, 6) is -0.0336. The van der Waals surface area contributed by atoms with Crippen molar-refractivity contribution in [1.82, 2.24) is 9.97 Å². The van der Waals surface area contributed by atoms with Crippen LogP contribution in [0.1, 0.15) is 36.3 Å². The number of hydrogen-bond acceptors (Lipinski definition) is 5. The summed E-state index contributed by atoms with van der Waals surface area (Å²) in [5.41, 5.74) is 0.740. The Morgan fingerprint density at radius 1 is 1.60 bits per heavy atom. The molecule has 0 radical (unpaired) electrons. The maximum Gasteiger partial charge on any atom is 0.339 e. The molecule has 1 aliphatic heterocycles. The van der Waals surface area contributed by atoms with Crippen LogP contribution in [0.25, 0.3) is 0 Å². The fourth-order valence-corrected chi connectivity index (χ4v) is 2.42. The predicted octanol–water partition coefficient (Wildman–Crippen LogP) is 1.96. The first-order valence-corrected chi connectivity index (χ1v) is 6.79. The molecular formula is C14H21N3O3. The Kier molecular flexibility index (Phi) is 4.23. The molecule has 0 amide bonds. The van der Waals surface area contributed by atoms with Gasteiger partial charge in [0.2, 0.25) is 5.95 Å². The van der Waals surface area contributed by atoms with Gasteiger partial charge in [-0.05, 0) is 24.7 Å². The van der Waals surface area contributed by atoms with Crippen molar-refractivity contribution in [2.45, 2.75) is 27.2 Å². The van der Waals surface area contributed by atoms with Gasteiger partial charge >= 0.3 is 5.97 Å². The van der Waals surface area contributed by atoms with Crippen LogP contribution >= 0.6 is 0 Å². The molecule has 110 valence electrons. The van der Waals surface area contributed by atoms with E-state index in [1.54, 1.807) is 6.92 Å². The summed E-state index contributed by atoms with van der Waals surface area (Å²) < 4.78 is 5.50. The van der Waals surface area contributed by atoms with Crippen LogP contribution in [0.3, 0.4) is 0 Å². The third-order valence-electron chi connectivity index (χ3n) is 3.91. The van der Waals surface area contributed by atoms with Gasteiger partial charge in [-0.15, -0.1) is 0 Å². The second-order valence-electron chi connectivity index (χ2n) is 5.91. The number of aryl methyl sites for hydroxylation is 1. The molecule has 6 nitrogen and oxygen atoms in total. The van der Waals surface area contributed by atoms with Crippen LogP contribution in [0, 0.1) is 18.3 Å². The Morgan fingerprint density at radius 2 is 2.35 bits per heavy atom. The van der Waals surface area contributed by atoms with E-state index in [1.165, 1.54) is 6.20 Å². The first-order valence-electron chi connectivity index (χ1n) is 6.79. The fourth-order valence-electron chi connectivity index (χ4n) is 2.42. The van der Waals surface area contributed by atoms with E-state index < -0.39 is 5.97 Å². The monoisotopic (exact) mass is 279 g/mol. The second-order valence-corrected chi connectivity index (χ2v) is 5.91. The van der Waals surface area contributed by atoms with Crippen LogP contribution in [0.15, 0.2) is 6.20 Å². The summed E-state index contributed by atoms with van der Waals surface area (Å²) in [6, 6.07) is 0. The summed E-state index contributed by atoms with van der Waals surface area (Å²) >= 11 is 0. The molecule has 0 saturated carbocycles. The maximum atomic E-state index is 10.9. The number of aromatic nitrogens is 2. The van der Waals surface area contributed by atoms with E-state index in [2.05, 4.69) is 29.1 Å². The molecule has 0 bridgehead atoms. The lowest BCUT2D eigenvalue weighted by Crippen LogP contribution is -2.39. The lowest BCUT2D eigenvalue weighted by atomic mass is 9.76. The molecule has 2 rings (SSSR count). The fraction of sp³-hybridized carbons (Fsp3) is 0.643. The second kappa shape index (κ2) is 5.75. The highest BCUT2D eigenvalue weighted by Crippen LogP contribution is 2.33. The molecule has 1 fully saturated rings. The third-order valence-corrected chi connectivity index (χ3v) is 3.91. The van der Waals surface area contributed by atoms with Gasteiger partial charge in [-0.2, -0.15) is 0 Å². The molecule has 2 N–H and O–H groups in total. The van der Waals surface area contributed by atoms with Gasteiger partial charge in [-0.25, -0.2) is 14.8 Å². The van der Waals surface area contributed by atoms with Crippen molar-refractivity contribution in [2.24, 2.45) is 11.3 Å². The molecule has 1 atom stereocenters. The standard InChI is InChI=1S/C14H21N3O3/c1-9-11(12(18)19)7-16-13(17-9)15-6-10-4-5-20-8-14(10,2)3/h7,10H,4-6,8H2,1-3H3,(H,18,19)(H,15,16,17). The normalized spacial score (nSPS) is 21.4. The van der Waals surface area contributed by atoms with Gasteiger partial charge in [0.25, 0.3) is 0 Å². The van der Waals surface area contributed by atoms with E-state index in [4.69, 9.17) is 9.84 Å². The quantitative estimate of drug-likeness (QED) is 0.876. The number of carboxylic acids is 1. The molecule has 0 spiro atoms. The van der Waals surface area contributed by atoms with Crippen molar-refractivity contribution in [3.8, 4) is 0 Å². The van der Waals surface area contributed by atoms with E-state index in [1.807, 2.05) is 0 Å². The highest BCUT2D eigenvalue weighted by atomic mass is 16.5. The lowest BCUT2D eigenvalue weighted by Gasteiger charge is -2.38. The molecule has 20 heavy (non-hydrogen) atoms. The van der Waals surface area contributed by atoms with Crippen LogP contribution in [0.2, 0.25) is 0 Å². The van der Waals surface area contributed by atoms with Gasteiger partial charge < -0.3 is 15.2 Å². The molecule has 1 aromatic rings. The minimum Gasteiger partial charge on any atom is -0.478 e. The molecule has 2 heterocycles. The number of carboxylic acid groups (broad SMARTS) is 1. The van der Waals surface area contributed by atoms with Crippen molar-refractivity contribution in [1.29, 1.82) is 0 Å². The van der Waals surface area contributed by atoms with E-state index >= 15 is 0 Å². The number of hydrogen-bond donors (Lipinski definition) is 2. The molecule has 0 aliphatic carbocycles. The molecular weight excluding hydrogens is 258 g/mol. The minimum atomic E-state index is -1.00. The summed E-state index contributed by atoms with van der Waals surface area (Å²) in [4.78, 5) is 19.2. The highest BCUT2D eigenvalue weighted by Gasteiger charge is 2.32. The van der Waals surface area contributed by atoms with Crippen molar-refractivity contribution in [3.63, 3.8) is 0 Å². The lowest BCUT2D eigenvalue weighted by molar-refractivity contribution is -0.0266. The Labute approximate surface area is 118 Å². The third kappa shape index (κ3) is 3.25. The van der Waals surface area contributed by atoms with E-state index in [9.17, 15) is 4.79 Å². The predicted molar refractivity (Wildman–Crippen MR) is 74.9 cm³/mol. The highest BCUT2D eigenvalue weighted by molar-refractivity contribution is 5.88.